The number of ketones is 1. The van der Waals surface area contributed by atoms with Crippen molar-refractivity contribution in [3.05, 3.63) is 17.5 Å². The molecule has 3 rings (SSSR count). The average Bonchev–Trinajstić information content (AvgIpc) is 2.94. The number of hydrogen-bond acceptors (Lipinski definition) is 2. The van der Waals surface area contributed by atoms with Crippen LogP contribution < -0.4 is 0 Å². The maximum absolute atomic E-state index is 12.3. The van der Waals surface area contributed by atoms with Gasteiger partial charge >= 0.3 is 0 Å². The maximum atomic E-state index is 12.3. The van der Waals surface area contributed by atoms with Crippen molar-refractivity contribution >= 4 is 5.78 Å². The summed E-state index contributed by atoms with van der Waals surface area (Å²) >= 11 is 0. The van der Waals surface area contributed by atoms with E-state index >= 15 is 0 Å². The van der Waals surface area contributed by atoms with E-state index in [1.807, 2.05) is 24.7 Å². The van der Waals surface area contributed by atoms with Crippen molar-refractivity contribution in [3.63, 3.8) is 0 Å². The molecule has 3 unspecified atom stereocenters. The summed E-state index contributed by atoms with van der Waals surface area (Å²) in [6.07, 6.45) is 5.68. The molecule has 1 heterocycles. The van der Waals surface area contributed by atoms with E-state index in [0.29, 0.717) is 24.0 Å². The summed E-state index contributed by atoms with van der Waals surface area (Å²) in [5.74, 6) is 2.34. The van der Waals surface area contributed by atoms with Crippen LogP contribution in [0.5, 0.6) is 0 Å². The molecule has 17 heavy (non-hydrogen) atoms. The minimum Gasteiger partial charge on any atom is -0.299 e. The molecule has 0 amide bonds. The van der Waals surface area contributed by atoms with E-state index in [0.717, 1.165) is 23.7 Å². The Balaban J connectivity index is 1.69. The van der Waals surface area contributed by atoms with Crippen molar-refractivity contribution in [2.24, 2.45) is 24.8 Å². The Labute approximate surface area is 102 Å². The van der Waals surface area contributed by atoms with Crippen molar-refractivity contribution in [1.82, 2.24) is 9.78 Å². The smallest absolute Gasteiger partial charge is 0.142 e. The SMILES string of the molecule is Cc1cc(CC(=O)C2CC3CCC2C3)n(C)n1. The van der Waals surface area contributed by atoms with Gasteiger partial charge in [-0.05, 0) is 44.1 Å². The highest BCUT2D eigenvalue weighted by atomic mass is 16.1. The molecule has 0 spiro atoms. The molecule has 0 radical (unpaired) electrons. The second-order valence-corrected chi connectivity index (χ2v) is 5.83. The highest BCUT2D eigenvalue weighted by Crippen LogP contribution is 2.48. The van der Waals surface area contributed by atoms with E-state index in [1.165, 1.54) is 19.3 Å². The Hall–Kier alpha value is -1.12. The summed E-state index contributed by atoms with van der Waals surface area (Å²) in [6, 6.07) is 2.03. The third kappa shape index (κ3) is 1.92. The van der Waals surface area contributed by atoms with Crippen LogP contribution in [0.4, 0.5) is 0 Å². The lowest BCUT2D eigenvalue weighted by Crippen LogP contribution is -2.23. The van der Waals surface area contributed by atoms with Gasteiger partial charge in [-0.1, -0.05) is 6.42 Å². The number of aromatic nitrogens is 2. The average molecular weight is 232 g/mol. The van der Waals surface area contributed by atoms with Gasteiger partial charge < -0.3 is 0 Å². The molecule has 0 N–H and O–H groups in total. The predicted molar refractivity (Wildman–Crippen MR) is 65.6 cm³/mol. The van der Waals surface area contributed by atoms with Crippen molar-refractivity contribution in [2.75, 3.05) is 0 Å². The highest BCUT2D eigenvalue weighted by molar-refractivity contribution is 5.83. The molecule has 92 valence electrons. The molecule has 2 aliphatic rings. The molecule has 2 saturated carbocycles. The zero-order valence-corrected chi connectivity index (χ0v) is 10.6. The van der Waals surface area contributed by atoms with Gasteiger partial charge in [-0.3, -0.25) is 9.48 Å². The topological polar surface area (TPSA) is 34.9 Å². The van der Waals surface area contributed by atoms with Crippen molar-refractivity contribution < 1.29 is 4.79 Å². The second-order valence-electron chi connectivity index (χ2n) is 5.83. The summed E-state index contributed by atoms with van der Waals surface area (Å²) < 4.78 is 1.85. The first-order chi connectivity index (χ1) is 8.13. The first-order valence-electron chi connectivity index (χ1n) is 6.65. The van der Waals surface area contributed by atoms with E-state index in [2.05, 4.69) is 5.10 Å². The quantitative estimate of drug-likeness (QED) is 0.801. The number of nitrogens with zero attached hydrogens (tertiary/aromatic N) is 2. The molecule has 2 aliphatic carbocycles. The van der Waals surface area contributed by atoms with E-state index in [-0.39, 0.29) is 0 Å². The minimum absolute atomic E-state index is 0.351. The molecule has 0 aromatic carbocycles. The third-order valence-corrected chi connectivity index (χ3v) is 4.61. The fourth-order valence-corrected chi connectivity index (χ4v) is 3.78. The van der Waals surface area contributed by atoms with Gasteiger partial charge in [0, 0.05) is 25.1 Å². The van der Waals surface area contributed by atoms with E-state index in [4.69, 9.17) is 0 Å². The van der Waals surface area contributed by atoms with Gasteiger partial charge in [-0.2, -0.15) is 5.10 Å². The van der Waals surface area contributed by atoms with Gasteiger partial charge in [-0.25, -0.2) is 0 Å². The van der Waals surface area contributed by atoms with Gasteiger partial charge in [-0.15, -0.1) is 0 Å². The van der Waals surface area contributed by atoms with Crippen LogP contribution in [-0.2, 0) is 18.3 Å². The van der Waals surface area contributed by atoms with Gasteiger partial charge in [0.2, 0.25) is 0 Å². The van der Waals surface area contributed by atoms with Crippen LogP contribution in [0, 0.1) is 24.7 Å². The summed E-state index contributed by atoms with van der Waals surface area (Å²) in [7, 11) is 1.93. The van der Waals surface area contributed by atoms with Crippen LogP contribution in [0.1, 0.15) is 37.1 Å². The van der Waals surface area contributed by atoms with Crippen molar-refractivity contribution in [3.8, 4) is 0 Å². The molecular formula is C14H20N2O. The monoisotopic (exact) mass is 232 g/mol. The predicted octanol–water partition coefficient (Wildman–Crippen LogP) is 2.28. The van der Waals surface area contributed by atoms with Crippen LogP contribution in [0.2, 0.25) is 0 Å². The zero-order valence-electron chi connectivity index (χ0n) is 10.6. The molecular weight excluding hydrogens is 212 g/mol. The number of carbonyl (C=O) groups is 1. The number of rotatable bonds is 3. The number of hydrogen-bond donors (Lipinski definition) is 0. The molecule has 3 heteroatoms. The summed E-state index contributed by atoms with van der Waals surface area (Å²) in [4.78, 5) is 12.3. The Morgan fingerprint density at radius 1 is 1.47 bits per heavy atom. The number of fused-ring (bicyclic) bond motifs is 2. The Bertz CT molecular complexity index is 449. The summed E-state index contributed by atoms with van der Waals surface area (Å²) in [5.41, 5.74) is 2.07. The molecule has 1 aromatic rings. The highest BCUT2D eigenvalue weighted by Gasteiger charge is 2.42. The van der Waals surface area contributed by atoms with E-state index < -0.39 is 0 Å². The van der Waals surface area contributed by atoms with Crippen molar-refractivity contribution in [2.45, 2.75) is 39.0 Å². The van der Waals surface area contributed by atoms with Gasteiger partial charge in [0.05, 0.1) is 5.69 Å². The Morgan fingerprint density at radius 2 is 2.29 bits per heavy atom. The number of aryl methyl sites for hydroxylation is 2. The molecule has 1 aromatic heterocycles. The van der Waals surface area contributed by atoms with Crippen LogP contribution >= 0.6 is 0 Å². The fourth-order valence-electron chi connectivity index (χ4n) is 3.78. The summed E-state index contributed by atoms with van der Waals surface area (Å²) in [6.45, 7) is 1.98. The Morgan fingerprint density at radius 3 is 2.82 bits per heavy atom. The third-order valence-electron chi connectivity index (χ3n) is 4.61. The van der Waals surface area contributed by atoms with E-state index in [9.17, 15) is 4.79 Å². The fraction of sp³-hybridized carbons (Fsp3) is 0.714. The lowest BCUT2D eigenvalue weighted by atomic mass is 9.84. The number of Topliss-reactive ketones (excluding diaryl/α,β-unsaturated/α-hetero) is 1. The van der Waals surface area contributed by atoms with Gasteiger partial charge in [0.15, 0.2) is 0 Å². The van der Waals surface area contributed by atoms with Crippen LogP contribution in [0.25, 0.3) is 0 Å². The lowest BCUT2D eigenvalue weighted by molar-refractivity contribution is -0.123. The summed E-state index contributed by atoms with van der Waals surface area (Å²) in [5, 5.41) is 4.30. The standard InChI is InChI=1S/C14H20N2O/c1-9-5-12(16(2)15-9)8-14(17)13-7-10-3-4-11(13)6-10/h5,10-11,13H,3-4,6-8H2,1-2H3. The lowest BCUT2D eigenvalue weighted by Gasteiger charge is -2.20. The van der Waals surface area contributed by atoms with Crippen LogP contribution in [0.3, 0.4) is 0 Å². The normalized spacial score (nSPS) is 31.1. The first kappa shape index (κ1) is 11.0. The largest absolute Gasteiger partial charge is 0.299 e. The zero-order chi connectivity index (χ0) is 12.0. The molecule has 3 nitrogen and oxygen atoms in total. The van der Waals surface area contributed by atoms with Gasteiger partial charge in [0.25, 0.3) is 0 Å². The van der Waals surface area contributed by atoms with Crippen molar-refractivity contribution in [1.29, 1.82) is 0 Å². The van der Waals surface area contributed by atoms with Crippen LogP contribution in [-0.4, -0.2) is 15.6 Å². The molecule has 2 fully saturated rings. The van der Waals surface area contributed by atoms with E-state index in [1.54, 1.807) is 0 Å². The molecule has 0 saturated heterocycles. The molecule has 0 aliphatic heterocycles. The van der Waals surface area contributed by atoms with Crippen LogP contribution in [0.15, 0.2) is 6.07 Å². The maximum Gasteiger partial charge on any atom is 0.142 e. The second kappa shape index (κ2) is 3.97. The number of carbonyl (C=O) groups excluding carboxylic acids is 1. The molecule has 3 atom stereocenters. The Kier molecular flexibility index (Phi) is 2.57. The first-order valence-corrected chi connectivity index (χ1v) is 6.65. The van der Waals surface area contributed by atoms with Gasteiger partial charge in [0.1, 0.15) is 5.78 Å². The minimum atomic E-state index is 0.351. The molecule has 2 bridgehead atoms.